The Bertz CT molecular complexity index is 555. The summed E-state index contributed by atoms with van der Waals surface area (Å²) in [6, 6.07) is 10.7. The minimum Gasteiger partial charge on any atom is -0.306 e. The van der Waals surface area contributed by atoms with Crippen LogP contribution in [0, 0.1) is 11.6 Å². The van der Waals surface area contributed by atoms with Gasteiger partial charge in [-0.2, -0.15) is 0 Å². The van der Waals surface area contributed by atoms with Gasteiger partial charge in [0.1, 0.15) is 11.6 Å². The standard InChI is InChI=1S/C15H14ClF2N/c1-10(11-2-5-14(17)6-3-11)19-9-12-8-13(16)4-7-15(12)18/h2-8,10,19H,9H2,1H3/t10-/m1/s1. The molecule has 0 unspecified atom stereocenters. The van der Waals surface area contributed by atoms with E-state index >= 15 is 0 Å². The molecule has 2 aromatic carbocycles. The molecule has 0 saturated heterocycles. The fraction of sp³-hybridized carbons (Fsp3) is 0.200. The molecule has 0 fully saturated rings. The molecule has 2 aromatic rings. The molecular formula is C15H14ClF2N. The molecule has 2 rings (SSSR count). The molecule has 0 saturated carbocycles. The van der Waals surface area contributed by atoms with Gasteiger partial charge in [-0.1, -0.05) is 23.7 Å². The topological polar surface area (TPSA) is 12.0 Å². The van der Waals surface area contributed by atoms with Crippen LogP contribution in [0.5, 0.6) is 0 Å². The van der Waals surface area contributed by atoms with Crippen molar-refractivity contribution in [3.05, 3.63) is 70.2 Å². The van der Waals surface area contributed by atoms with Gasteiger partial charge in [0.2, 0.25) is 0 Å². The molecule has 1 N–H and O–H groups in total. The first-order valence-corrected chi connectivity index (χ1v) is 6.37. The first kappa shape index (κ1) is 14.0. The number of halogens is 3. The van der Waals surface area contributed by atoms with E-state index in [0.29, 0.717) is 17.1 Å². The van der Waals surface area contributed by atoms with E-state index in [9.17, 15) is 8.78 Å². The summed E-state index contributed by atoms with van der Waals surface area (Å²) in [6.07, 6.45) is 0. The van der Waals surface area contributed by atoms with Crippen LogP contribution in [0.4, 0.5) is 8.78 Å². The molecule has 1 atom stereocenters. The predicted molar refractivity (Wildman–Crippen MR) is 73.1 cm³/mol. The number of rotatable bonds is 4. The Morgan fingerprint density at radius 1 is 1.11 bits per heavy atom. The lowest BCUT2D eigenvalue weighted by molar-refractivity contribution is 0.543. The van der Waals surface area contributed by atoms with Crippen LogP contribution in [0.25, 0.3) is 0 Å². The average molecular weight is 282 g/mol. The van der Waals surface area contributed by atoms with Crippen molar-refractivity contribution in [3.8, 4) is 0 Å². The Hall–Kier alpha value is -1.45. The van der Waals surface area contributed by atoms with E-state index in [1.807, 2.05) is 6.92 Å². The Balaban J connectivity index is 2.02. The average Bonchev–Trinajstić information content (AvgIpc) is 2.40. The monoisotopic (exact) mass is 281 g/mol. The normalized spacial score (nSPS) is 12.4. The van der Waals surface area contributed by atoms with E-state index in [0.717, 1.165) is 5.56 Å². The number of hydrogen-bond donors (Lipinski definition) is 1. The smallest absolute Gasteiger partial charge is 0.127 e. The van der Waals surface area contributed by atoms with E-state index in [2.05, 4.69) is 5.32 Å². The summed E-state index contributed by atoms with van der Waals surface area (Å²) in [7, 11) is 0. The fourth-order valence-corrected chi connectivity index (χ4v) is 2.01. The Kier molecular flexibility index (Phi) is 4.51. The number of hydrogen-bond acceptors (Lipinski definition) is 1. The van der Waals surface area contributed by atoms with Gasteiger partial charge in [0, 0.05) is 23.2 Å². The molecule has 0 heterocycles. The number of benzene rings is 2. The minimum absolute atomic E-state index is 0.000943. The molecule has 0 amide bonds. The summed E-state index contributed by atoms with van der Waals surface area (Å²) in [5.41, 5.74) is 1.46. The van der Waals surface area contributed by atoms with Crippen molar-refractivity contribution in [1.82, 2.24) is 5.32 Å². The molecule has 0 spiro atoms. The van der Waals surface area contributed by atoms with Crippen molar-refractivity contribution in [2.75, 3.05) is 0 Å². The van der Waals surface area contributed by atoms with E-state index in [1.165, 1.54) is 24.3 Å². The van der Waals surface area contributed by atoms with E-state index in [-0.39, 0.29) is 17.7 Å². The highest BCUT2D eigenvalue weighted by Crippen LogP contribution is 2.17. The summed E-state index contributed by atoms with van der Waals surface area (Å²) in [4.78, 5) is 0. The first-order chi connectivity index (χ1) is 9.06. The fourth-order valence-electron chi connectivity index (χ4n) is 1.81. The highest BCUT2D eigenvalue weighted by atomic mass is 35.5. The predicted octanol–water partition coefficient (Wildman–Crippen LogP) is 4.47. The molecule has 0 aromatic heterocycles. The van der Waals surface area contributed by atoms with Gasteiger partial charge in [-0.3, -0.25) is 0 Å². The zero-order valence-electron chi connectivity index (χ0n) is 10.5. The molecule has 0 aliphatic heterocycles. The summed E-state index contributed by atoms with van der Waals surface area (Å²) < 4.78 is 26.3. The summed E-state index contributed by atoms with van der Waals surface area (Å²) >= 11 is 5.83. The van der Waals surface area contributed by atoms with E-state index in [1.54, 1.807) is 18.2 Å². The third kappa shape index (κ3) is 3.75. The minimum atomic E-state index is -0.289. The van der Waals surface area contributed by atoms with Crippen LogP contribution in [0.2, 0.25) is 5.02 Å². The van der Waals surface area contributed by atoms with Crippen molar-refractivity contribution in [3.63, 3.8) is 0 Å². The first-order valence-electron chi connectivity index (χ1n) is 5.99. The maximum atomic E-state index is 13.5. The largest absolute Gasteiger partial charge is 0.306 e. The van der Waals surface area contributed by atoms with Gasteiger partial charge < -0.3 is 5.32 Å². The molecule has 0 radical (unpaired) electrons. The van der Waals surface area contributed by atoms with Crippen molar-refractivity contribution in [2.24, 2.45) is 0 Å². The van der Waals surface area contributed by atoms with Crippen molar-refractivity contribution in [1.29, 1.82) is 0 Å². The van der Waals surface area contributed by atoms with Crippen LogP contribution in [0.1, 0.15) is 24.1 Å². The zero-order valence-corrected chi connectivity index (χ0v) is 11.2. The Morgan fingerprint density at radius 2 is 1.79 bits per heavy atom. The highest BCUT2D eigenvalue weighted by Gasteiger charge is 2.07. The lowest BCUT2D eigenvalue weighted by atomic mass is 10.1. The van der Waals surface area contributed by atoms with Gasteiger partial charge in [-0.25, -0.2) is 8.78 Å². The quantitative estimate of drug-likeness (QED) is 0.872. The van der Waals surface area contributed by atoms with Crippen molar-refractivity contribution in [2.45, 2.75) is 19.5 Å². The SMILES string of the molecule is C[C@@H](NCc1cc(Cl)ccc1F)c1ccc(F)cc1. The molecule has 0 aliphatic rings. The van der Waals surface area contributed by atoms with Gasteiger partial charge in [-0.05, 0) is 42.8 Å². The second-order valence-electron chi connectivity index (χ2n) is 4.39. The zero-order chi connectivity index (χ0) is 13.8. The second-order valence-corrected chi connectivity index (χ2v) is 4.83. The molecule has 0 aliphatic carbocycles. The van der Waals surface area contributed by atoms with Crippen molar-refractivity contribution < 1.29 is 8.78 Å². The Labute approximate surface area is 116 Å². The maximum absolute atomic E-state index is 13.5. The van der Waals surface area contributed by atoms with Gasteiger partial charge in [0.15, 0.2) is 0 Å². The van der Waals surface area contributed by atoms with Gasteiger partial charge in [0.25, 0.3) is 0 Å². The molecular weight excluding hydrogens is 268 g/mol. The summed E-state index contributed by atoms with van der Waals surface area (Å²) in [6.45, 7) is 2.31. The third-order valence-electron chi connectivity index (χ3n) is 2.98. The number of nitrogens with one attached hydrogen (secondary N) is 1. The second kappa shape index (κ2) is 6.13. The van der Waals surface area contributed by atoms with Crippen LogP contribution in [0.3, 0.4) is 0 Å². The van der Waals surface area contributed by atoms with Gasteiger partial charge >= 0.3 is 0 Å². The van der Waals surface area contributed by atoms with Gasteiger partial charge in [0.05, 0.1) is 0 Å². The molecule has 19 heavy (non-hydrogen) atoms. The van der Waals surface area contributed by atoms with E-state index < -0.39 is 0 Å². The summed E-state index contributed by atoms with van der Waals surface area (Å²) in [5.74, 6) is -0.556. The lowest BCUT2D eigenvalue weighted by Gasteiger charge is -2.14. The van der Waals surface area contributed by atoms with E-state index in [4.69, 9.17) is 11.6 Å². The van der Waals surface area contributed by atoms with Crippen LogP contribution >= 0.6 is 11.6 Å². The highest BCUT2D eigenvalue weighted by molar-refractivity contribution is 6.30. The van der Waals surface area contributed by atoms with Crippen LogP contribution in [-0.4, -0.2) is 0 Å². The Morgan fingerprint density at radius 3 is 2.47 bits per heavy atom. The molecule has 1 nitrogen and oxygen atoms in total. The van der Waals surface area contributed by atoms with Crippen LogP contribution in [0.15, 0.2) is 42.5 Å². The lowest BCUT2D eigenvalue weighted by Crippen LogP contribution is -2.18. The maximum Gasteiger partial charge on any atom is 0.127 e. The van der Waals surface area contributed by atoms with Gasteiger partial charge in [-0.15, -0.1) is 0 Å². The van der Waals surface area contributed by atoms with Crippen LogP contribution < -0.4 is 5.32 Å². The van der Waals surface area contributed by atoms with Crippen molar-refractivity contribution >= 4 is 11.6 Å². The third-order valence-corrected chi connectivity index (χ3v) is 3.21. The molecule has 4 heteroatoms. The molecule has 100 valence electrons. The van der Waals surface area contributed by atoms with Crippen LogP contribution in [-0.2, 0) is 6.54 Å². The molecule has 0 bridgehead atoms. The summed E-state index contributed by atoms with van der Waals surface area (Å²) in [5, 5.41) is 3.69.